The van der Waals surface area contributed by atoms with Gasteiger partial charge in [-0.1, -0.05) is 0 Å². The van der Waals surface area contributed by atoms with Crippen molar-refractivity contribution in [2.24, 2.45) is 5.73 Å². The predicted molar refractivity (Wildman–Crippen MR) is 68.4 cm³/mol. The number of nitrogens with two attached hydrogens (primary N) is 1. The van der Waals surface area contributed by atoms with Crippen molar-refractivity contribution in [2.75, 3.05) is 18.0 Å². The summed E-state index contributed by atoms with van der Waals surface area (Å²) in [4.78, 5) is 24.7. The van der Waals surface area contributed by atoms with Crippen LogP contribution in [0.15, 0.2) is 17.1 Å². The molecule has 0 spiro atoms. The average molecular weight is 250 g/mol. The molecule has 1 aromatic heterocycles. The monoisotopic (exact) mass is 250 g/mol. The largest absolute Gasteiger partial charge is 0.370 e. The van der Waals surface area contributed by atoms with Crippen LogP contribution in [-0.4, -0.2) is 28.8 Å². The van der Waals surface area contributed by atoms with Crippen molar-refractivity contribution in [3.05, 3.63) is 22.6 Å². The van der Waals surface area contributed by atoms with E-state index in [-0.39, 0.29) is 18.5 Å². The van der Waals surface area contributed by atoms with Gasteiger partial charge in [0.15, 0.2) is 0 Å². The normalized spacial score (nSPS) is 15.7. The lowest BCUT2D eigenvalue weighted by Gasteiger charge is -2.28. The van der Waals surface area contributed by atoms with Gasteiger partial charge >= 0.3 is 0 Å². The van der Waals surface area contributed by atoms with Crippen LogP contribution in [0.1, 0.15) is 25.7 Å². The molecule has 1 aromatic rings. The number of rotatable bonds is 4. The van der Waals surface area contributed by atoms with Gasteiger partial charge in [0.25, 0.3) is 5.56 Å². The molecule has 0 radical (unpaired) electrons. The molecule has 0 bridgehead atoms. The molecule has 1 saturated heterocycles. The summed E-state index contributed by atoms with van der Waals surface area (Å²) in [6.45, 7) is 2.20. The number of aryl methyl sites for hydroxylation is 1. The number of primary amides is 1. The molecule has 2 N–H and O–H groups in total. The molecule has 1 amide bonds. The standard InChI is InChI=1S/C12H18N4O2/c13-11(17)4-7-16-12(18)8-10(9-14-16)15-5-2-1-3-6-15/h8-9H,1-7H2,(H2,13,17). The first kappa shape index (κ1) is 12.6. The van der Waals surface area contributed by atoms with Crippen LogP contribution in [0.3, 0.4) is 0 Å². The highest BCUT2D eigenvalue weighted by Crippen LogP contribution is 2.16. The Morgan fingerprint density at radius 1 is 1.33 bits per heavy atom. The first-order chi connectivity index (χ1) is 8.66. The highest BCUT2D eigenvalue weighted by atomic mass is 16.1. The average Bonchev–Trinajstić information content (AvgIpc) is 2.38. The number of hydrogen-bond donors (Lipinski definition) is 1. The fraction of sp³-hybridized carbons (Fsp3) is 0.583. The zero-order chi connectivity index (χ0) is 13.0. The molecular weight excluding hydrogens is 232 g/mol. The van der Waals surface area contributed by atoms with Crippen molar-refractivity contribution >= 4 is 11.6 Å². The topological polar surface area (TPSA) is 81.2 Å². The molecule has 0 aliphatic carbocycles. The number of nitrogens with zero attached hydrogens (tertiary/aromatic N) is 3. The summed E-state index contributed by atoms with van der Waals surface area (Å²) in [7, 11) is 0. The maximum atomic E-state index is 11.8. The third kappa shape index (κ3) is 3.09. The van der Waals surface area contributed by atoms with Crippen molar-refractivity contribution < 1.29 is 4.79 Å². The molecule has 1 aliphatic rings. The number of anilines is 1. The predicted octanol–water partition coefficient (Wildman–Crippen LogP) is 0.109. The van der Waals surface area contributed by atoms with E-state index >= 15 is 0 Å². The van der Waals surface area contributed by atoms with Crippen LogP contribution in [0.25, 0.3) is 0 Å². The van der Waals surface area contributed by atoms with E-state index in [9.17, 15) is 9.59 Å². The Hall–Kier alpha value is -1.85. The Kier molecular flexibility index (Phi) is 3.96. The number of amides is 1. The Labute approximate surface area is 105 Å². The first-order valence-electron chi connectivity index (χ1n) is 6.27. The SMILES string of the molecule is NC(=O)CCn1ncc(N2CCCCC2)cc1=O. The van der Waals surface area contributed by atoms with Crippen LogP contribution in [0.5, 0.6) is 0 Å². The molecule has 2 heterocycles. The second-order valence-electron chi connectivity index (χ2n) is 4.54. The minimum absolute atomic E-state index is 0.135. The van der Waals surface area contributed by atoms with Crippen molar-refractivity contribution in [2.45, 2.75) is 32.2 Å². The van der Waals surface area contributed by atoms with E-state index in [2.05, 4.69) is 10.00 Å². The summed E-state index contributed by atoms with van der Waals surface area (Å²) in [5, 5.41) is 4.08. The quantitative estimate of drug-likeness (QED) is 0.822. The smallest absolute Gasteiger partial charge is 0.268 e. The van der Waals surface area contributed by atoms with E-state index in [1.807, 2.05) is 0 Å². The van der Waals surface area contributed by atoms with Crippen LogP contribution in [0, 0.1) is 0 Å². The summed E-state index contributed by atoms with van der Waals surface area (Å²) in [6, 6.07) is 1.58. The summed E-state index contributed by atoms with van der Waals surface area (Å²) in [5.41, 5.74) is 5.74. The molecule has 0 atom stereocenters. The van der Waals surface area contributed by atoms with Gasteiger partial charge in [0.1, 0.15) is 0 Å². The maximum absolute atomic E-state index is 11.8. The molecule has 18 heavy (non-hydrogen) atoms. The second kappa shape index (κ2) is 5.66. The van der Waals surface area contributed by atoms with E-state index in [0.29, 0.717) is 0 Å². The van der Waals surface area contributed by atoms with E-state index in [1.165, 1.54) is 11.1 Å². The van der Waals surface area contributed by atoms with Crippen molar-refractivity contribution in [3.63, 3.8) is 0 Å². The minimum Gasteiger partial charge on any atom is -0.370 e. The number of hydrogen-bond acceptors (Lipinski definition) is 4. The Morgan fingerprint density at radius 3 is 2.67 bits per heavy atom. The molecule has 1 aliphatic heterocycles. The van der Waals surface area contributed by atoms with Gasteiger partial charge < -0.3 is 10.6 Å². The third-order valence-corrected chi connectivity index (χ3v) is 3.15. The summed E-state index contributed by atoms with van der Waals surface area (Å²) >= 11 is 0. The summed E-state index contributed by atoms with van der Waals surface area (Å²) in [6.07, 6.45) is 5.39. The molecule has 6 heteroatoms. The lowest BCUT2D eigenvalue weighted by molar-refractivity contribution is -0.118. The maximum Gasteiger partial charge on any atom is 0.268 e. The van der Waals surface area contributed by atoms with Crippen LogP contribution in [-0.2, 0) is 11.3 Å². The molecule has 98 valence electrons. The van der Waals surface area contributed by atoms with Gasteiger partial charge in [-0.05, 0) is 19.3 Å². The first-order valence-corrected chi connectivity index (χ1v) is 6.27. The lowest BCUT2D eigenvalue weighted by atomic mass is 10.1. The number of aromatic nitrogens is 2. The van der Waals surface area contributed by atoms with Crippen LogP contribution < -0.4 is 16.2 Å². The van der Waals surface area contributed by atoms with Crippen LogP contribution in [0.2, 0.25) is 0 Å². The minimum atomic E-state index is -0.427. The fourth-order valence-corrected chi connectivity index (χ4v) is 2.13. The van der Waals surface area contributed by atoms with Gasteiger partial charge in [-0.15, -0.1) is 0 Å². The second-order valence-corrected chi connectivity index (χ2v) is 4.54. The molecule has 0 aromatic carbocycles. The summed E-state index contributed by atoms with van der Waals surface area (Å²) < 4.78 is 1.28. The number of carbonyl (C=O) groups excluding carboxylic acids is 1. The van der Waals surface area contributed by atoms with Gasteiger partial charge in [-0.25, -0.2) is 4.68 Å². The van der Waals surface area contributed by atoms with E-state index in [0.717, 1.165) is 31.6 Å². The van der Waals surface area contributed by atoms with Crippen LogP contribution in [0.4, 0.5) is 5.69 Å². The molecule has 0 saturated carbocycles. The number of piperidine rings is 1. The Bertz CT molecular complexity index is 477. The molecule has 2 rings (SSSR count). The van der Waals surface area contributed by atoms with Crippen LogP contribution >= 0.6 is 0 Å². The molecule has 0 unspecified atom stereocenters. The Morgan fingerprint density at radius 2 is 2.06 bits per heavy atom. The Balaban J connectivity index is 2.09. The van der Waals surface area contributed by atoms with Crippen molar-refractivity contribution in [3.8, 4) is 0 Å². The fourth-order valence-electron chi connectivity index (χ4n) is 2.13. The lowest BCUT2D eigenvalue weighted by Crippen LogP contribution is -2.32. The van der Waals surface area contributed by atoms with Gasteiger partial charge in [0.05, 0.1) is 18.4 Å². The number of carbonyl (C=O) groups is 1. The van der Waals surface area contributed by atoms with Crippen molar-refractivity contribution in [1.29, 1.82) is 0 Å². The highest BCUT2D eigenvalue weighted by molar-refractivity contribution is 5.73. The molecular formula is C12H18N4O2. The van der Waals surface area contributed by atoms with Gasteiger partial charge in [-0.3, -0.25) is 9.59 Å². The van der Waals surface area contributed by atoms with Gasteiger partial charge in [-0.2, -0.15) is 5.10 Å². The molecule has 1 fully saturated rings. The van der Waals surface area contributed by atoms with E-state index in [4.69, 9.17) is 5.73 Å². The summed E-state index contributed by atoms with van der Waals surface area (Å²) in [5.74, 6) is -0.427. The zero-order valence-corrected chi connectivity index (χ0v) is 10.3. The van der Waals surface area contributed by atoms with Gasteiger partial charge in [0, 0.05) is 25.6 Å². The van der Waals surface area contributed by atoms with E-state index < -0.39 is 5.91 Å². The third-order valence-electron chi connectivity index (χ3n) is 3.15. The molecule has 6 nitrogen and oxygen atoms in total. The van der Waals surface area contributed by atoms with E-state index in [1.54, 1.807) is 12.3 Å². The zero-order valence-electron chi connectivity index (χ0n) is 10.3. The van der Waals surface area contributed by atoms with Gasteiger partial charge in [0.2, 0.25) is 5.91 Å². The van der Waals surface area contributed by atoms with Crippen molar-refractivity contribution in [1.82, 2.24) is 9.78 Å². The highest BCUT2D eigenvalue weighted by Gasteiger charge is 2.12.